The third-order valence-corrected chi connectivity index (χ3v) is 2.84. The number of aliphatic hydroxyl groups excluding tert-OH is 1. The van der Waals surface area contributed by atoms with Crippen molar-refractivity contribution in [1.82, 2.24) is 0 Å². The Morgan fingerprint density at radius 2 is 1.74 bits per heavy atom. The first kappa shape index (κ1) is 13.7. The zero-order valence-corrected chi connectivity index (χ0v) is 10.2. The average molecular weight is 270 g/mol. The molecule has 0 amide bonds. The summed E-state index contributed by atoms with van der Waals surface area (Å²) in [6.45, 7) is 1.81. The molecule has 2 nitrogen and oxygen atoms in total. The molecule has 0 radical (unpaired) electrons. The van der Waals surface area contributed by atoms with Crippen LogP contribution in [-0.4, -0.2) is 5.11 Å². The maximum absolute atomic E-state index is 12.4. The molecule has 0 aliphatic heterocycles. The molecule has 1 atom stereocenters. The lowest BCUT2D eigenvalue weighted by molar-refractivity contribution is -0.137. The van der Waals surface area contributed by atoms with Crippen molar-refractivity contribution in [3.63, 3.8) is 0 Å². The van der Waals surface area contributed by atoms with Gasteiger partial charge in [-0.15, -0.1) is 0 Å². The number of halogens is 3. The van der Waals surface area contributed by atoms with Crippen molar-refractivity contribution in [1.29, 1.82) is 0 Å². The SMILES string of the molecule is CCC(O)c1ccc(-c2ccc(C(F)(F)F)cc2)o1. The highest BCUT2D eigenvalue weighted by Gasteiger charge is 2.30. The van der Waals surface area contributed by atoms with Crippen molar-refractivity contribution in [2.24, 2.45) is 0 Å². The first-order valence-electron chi connectivity index (χ1n) is 5.87. The number of benzene rings is 1. The van der Waals surface area contributed by atoms with Crippen LogP contribution in [0.15, 0.2) is 40.8 Å². The molecule has 2 rings (SSSR count). The highest BCUT2D eigenvalue weighted by Crippen LogP contribution is 2.32. The summed E-state index contributed by atoms with van der Waals surface area (Å²) < 4.78 is 42.7. The summed E-state index contributed by atoms with van der Waals surface area (Å²) in [5.41, 5.74) is -0.154. The molecular formula is C14H13F3O2. The van der Waals surface area contributed by atoms with E-state index in [1.165, 1.54) is 12.1 Å². The van der Waals surface area contributed by atoms with Gasteiger partial charge in [-0.05, 0) is 30.7 Å². The predicted molar refractivity (Wildman–Crippen MR) is 64.4 cm³/mol. The lowest BCUT2D eigenvalue weighted by Crippen LogP contribution is -2.03. The zero-order chi connectivity index (χ0) is 14.0. The summed E-state index contributed by atoms with van der Waals surface area (Å²) in [5.74, 6) is 0.855. The topological polar surface area (TPSA) is 33.4 Å². The fourth-order valence-electron chi connectivity index (χ4n) is 1.71. The Morgan fingerprint density at radius 1 is 1.11 bits per heavy atom. The molecule has 0 spiro atoms. The highest BCUT2D eigenvalue weighted by molar-refractivity contribution is 5.58. The molecule has 0 saturated heterocycles. The van der Waals surface area contributed by atoms with Crippen LogP contribution in [-0.2, 0) is 6.18 Å². The Labute approximate surface area is 108 Å². The zero-order valence-electron chi connectivity index (χ0n) is 10.2. The highest BCUT2D eigenvalue weighted by atomic mass is 19.4. The van der Waals surface area contributed by atoms with E-state index >= 15 is 0 Å². The summed E-state index contributed by atoms with van der Waals surface area (Å²) in [4.78, 5) is 0. The van der Waals surface area contributed by atoms with Gasteiger partial charge >= 0.3 is 6.18 Å². The summed E-state index contributed by atoms with van der Waals surface area (Å²) in [6, 6.07) is 7.98. The van der Waals surface area contributed by atoms with Crippen LogP contribution in [0.1, 0.15) is 30.8 Å². The summed E-state index contributed by atoms with van der Waals surface area (Å²) in [6.07, 6.45) is -4.52. The van der Waals surface area contributed by atoms with Crippen molar-refractivity contribution in [3.8, 4) is 11.3 Å². The van der Waals surface area contributed by atoms with Crippen LogP contribution in [0.5, 0.6) is 0 Å². The second kappa shape index (κ2) is 5.09. The van der Waals surface area contributed by atoms with Gasteiger partial charge in [-0.25, -0.2) is 0 Å². The Kier molecular flexibility index (Phi) is 3.66. The van der Waals surface area contributed by atoms with Gasteiger partial charge in [0.25, 0.3) is 0 Å². The first-order chi connectivity index (χ1) is 8.91. The molecule has 0 bridgehead atoms. The number of hydrogen-bond acceptors (Lipinski definition) is 2. The molecule has 102 valence electrons. The Hall–Kier alpha value is -1.75. The summed E-state index contributed by atoms with van der Waals surface area (Å²) in [5, 5.41) is 9.60. The Bertz CT molecular complexity index is 541. The van der Waals surface area contributed by atoms with Gasteiger partial charge in [-0.3, -0.25) is 0 Å². The number of hydrogen-bond donors (Lipinski definition) is 1. The van der Waals surface area contributed by atoms with Crippen molar-refractivity contribution in [2.45, 2.75) is 25.6 Å². The van der Waals surface area contributed by atoms with E-state index in [-0.39, 0.29) is 0 Å². The van der Waals surface area contributed by atoms with E-state index in [0.29, 0.717) is 23.5 Å². The Morgan fingerprint density at radius 3 is 2.26 bits per heavy atom. The van der Waals surface area contributed by atoms with Gasteiger partial charge in [0, 0.05) is 5.56 Å². The molecular weight excluding hydrogens is 257 g/mol. The van der Waals surface area contributed by atoms with E-state index in [1.54, 1.807) is 12.1 Å². The molecule has 1 aromatic carbocycles. The largest absolute Gasteiger partial charge is 0.458 e. The molecule has 1 N–H and O–H groups in total. The van der Waals surface area contributed by atoms with Crippen LogP contribution < -0.4 is 0 Å². The minimum atomic E-state index is -4.34. The molecule has 0 aliphatic carbocycles. The lowest BCUT2D eigenvalue weighted by Gasteiger charge is -2.07. The van der Waals surface area contributed by atoms with E-state index in [9.17, 15) is 18.3 Å². The predicted octanol–water partition coefficient (Wildman–Crippen LogP) is 4.41. The first-order valence-corrected chi connectivity index (χ1v) is 5.87. The fraction of sp³-hybridized carbons (Fsp3) is 0.286. The molecule has 5 heteroatoms. The van der Waals surface area contributed by atoms with E-state index in [4.69, 9.17) is 4.42 Å². The molecule has 19 heavy (non-hydrogen) atoms. The van der Waals surface area contributed by atoms with Crippen molar-refractivity contribution < 1.29 is 22.7 Å². The monoisotopic (exact) mass is 270 g/mol. The van der Waals surface area contributed by atoms with Gasteiger partial charge in [0.05, 0.1) is 5.56 Å². The quantitative estimate of drug-likeness (QED) is 0.896. The maximum Gasteiger partial charge on any atom is 0.416 e. The molecule has 0 fully saturated rings. The number of furan rings is 1. The van der Waals surface area contributed by atoms with Crippen LogP contribution in [0.2, 0.25) is 0 Å². The van der Waals surface area contributed by atoms with E-state index in [0.717, 1.165) is 12.1 Å². The van der Waals surface area contributed by atoms with Gasteiger partial charge in [-0.1, -0.05) is 19.1 Å². The average Bonchev–Trinajstić information content (AvgIpc) is 2.86. The molecule has 1 heterocycles. The molecule has 1 aromatic heterocycles. The van der Waals surface area contributed by atoms with E-state index < -0.39 is 17.8 Å². The van der Waals surface area contributed by atoms with Crippen molar-refractivity contribution in [2.75, 3.05) is 0 Å². The van der Waals surface area contributed by atoms with Crippen LogP contribution in [0, 0.1) is 0 Å². The molecule has 2 aromatic rings. The summed E-state index contributed by atoms with van der Waals surface area (Å²) >= 11 is 0. The van der Waals surface area contributed by atoms with Crippen molar-refractivity contribution in [3.05, 3.63) is 47.7 Å². The summed E-state index contributed by atoms with van der Waals surface area (Å²) in [7, 11) is 0. The van der Waals surface area contributed by atoms with Gasteiger partial charge in [-0.2, -0.15) is 13.2 Å². The number of rotatable bonds is 3. The van der Waals surface area contributed by atoms with Crippen LogP contribution in [0.4, 0.5) is 13.2 Å². The third kappa shape index (κ3) is 2.98. The lowest BCUT2D eigenvalue weighted by atomic mass is 10.1. The standard InChI is InChI=1S/C14H13F3O2/c1-2-11(18)13-8-7-12(19-13)9-3-5-10(6-4-9)14(15,16)17/h3-8,11,18H,2H2,1H3. The van der Waals surface area contributed by atoms with Gasteiger partial charge < -0.3 is 9.52 Å². The normalized spacial score (nSPS) is 13.5. The Balaban J connectivity index is 2.25. The van der Waals surface area contributed by atoms with E-state index in [2.05, 4.69) is 0 Å². The smallest absolute Gasteiger partial charge is 0.416 e. The fourth-order valence-corrected chi connectivity index (χ4v) is 1.71. The second-order valence-corrected chi connectivity index (χ2v) is 4.20. The number of aliphatic hydroxyl groups is 1. The minimum absolute atomic E-state index is 0.414. The van der Waals surface area contributed by atoms with Crippen molar-refractivity contribution >= 4 is 0 Å². The second-order valence-electron chi connectivity index (χ2n) is 4.20. The molecule has 0 aliphatic rings. The number of alkyl halides is 3. The van der Waals surface area contributed by atoms with Crippen LogP contribution >= 0.6 is 0 Å². The molecule has 0 saturated carbocycles. The third-order valence-electron chi connectivity index (χ3n) is 2.84. The van der Waals surface area contributed by atoms with Gasteiger partial charge in [0.1, 0.15) is 17.6 Å². The molecule has 1 unspecified atom stereocenters. The van der Waals surface area contributed by atoms with Crippen LogP contribution in [0.25, 0.3) is 11.3 Å². The van der Waals surface area contributed by atoms with Crippen LogP contribution in [0.3, 0.4) is 0 Å². The minimum Gasteiger partial charge on any atom is -0.458 e. The van der Waals surface area contributed by atoms with Gasteiger partial charge in [0.2, 0.25) is 0 Å². The van der Waals surface area contributed by atoms with Gasteiger partial charge in [0.15, 0.2) is 0 Å². The maximum atomic E-state index is 12.4. The van der Waals surface area contributed by atoms with E-state index in [1.807, 2.05) is 6.92 Å².